The number of hydrogen-bond acceptors (Lipinski definition) is 2. The summed E-state index contributed by atoms with van der Waals surface area (Å²) < 4.78 is 1.80. The van der Waals surface area contributed by atoms with Crippen LogP contribution in [0.1, 0.15) is 32.7 Å². The topological polar surface area (TPSA) is 51.1 Å². The van der Waals surface area contributed by atoms with Crippen LogP contribution in [0.15, 0.2) is 60.8 Å². The number of nitrogens with one attached hydrogen (secondary N) is 1. The molecular formula is C22H22N2O2. The fourth-order valence-electron chi connectivity index (χ4n) is 3.00. The largest absolute Gasteiger partial charge is 0.340 e. The standard InChI is InChI=1S/C22H22N2O2/c1-15-6-8-18(9-7-15)14-24-10-4-5-20(24)21(25)22(26)23-19-12-16(2)11-17(3)13-19/h4-13H,14H2,1-3H3,(H,23,26). The first-order valence-electron chi connectivity index (χ1n) is 8.57. The number of nitrogens with zero attached hydrogens (tertiary/aromatic N) is 1. The molecule has 1 amide bonds. The maximum atomic E-state index is 12.6. The van der Waals surface area contributed by atoms with Gasteiger partial charge in [-0.2, -0.15) is 0 Å². The van der Waals surface area contributed by atoms with Crippen molar-refractivity contribution in [2.75, 3.05) is 5.32 Å². The first-order chi connectivity index (χ1) is 12.4. The fourth-order valence-corrected chi connectivity index (χ4v) is 3.00. The molecule has 0 aliphatic carbocycles. The highest BCUT2D eigenvalue weighted by Crippen LogP contribution is 2.15. The molecule has 0 atom stereocenters. The van der Waals surface area contributed by atoms with Crippen LogP contribution in [0.5, 0.6) is 0 Å². The number of benzene rings is 2. The normalized spacial score (nSPS) is 10.6. The lowest BCUT2D eigenvalue weighted by molar-refractivity contribution is -0.112. The Morgan fingerprint density at radius 2 is 1.54 bits per heavy atom. The summed E-state index contributed by atoms with van der Waals surface area (Å²) in [7, 11) is 0. The summed E-state index contributed by atoms with van der Waals surface area (Å²) in [5.41, 5.74) is 5.36. The Bertz CT molecular complexity index is 932. The lowest BCUT2D eigenvalue weighted by Crippen LogP contribution is -2.25. The average molecular weight is 346 g/mol. The van der Waals surface area contributed by atoms with E-state index in [0.717, 1.165) is 16.7 Å². The van der Waals surface area contributed by atoms with E-state index in [0.29, 0.717) is 17.9 Å². The molecule has 4 nitrogen and oxygen atoms in total. The summed E-state index contributed by atoms with van der Waals surface area (Å²) in [5, 5.41) is 2.71. The van der Waals surface area contributed by atoms with E-state index in [9.17, 15) is 9.59 Å². The van der Waals surface area contributed by atoms with E-state index < -0.39 is 11.7 Å². The van der Waals surface area contributed by atoms with E-state index in [1.807, 2.05) is 69.4 Å². The number of carbonyl (C=O) groups excluding carboxylic acids is 2. The van der Waals surface area contributed by atoms with Gasteiger partial charge < -0.3 is 9.88 Å². The van der Waals surface area contributed by atoms with Gasteiger partial charge in [-0.05, 0) is 61.7 Å². The summed E-state index contributed by atoms with van der Waals surface area (Å²) in [6.07, 6.45) is 1.82. The lowest BCUT2D eigenvalue weighted by atomic mass is 10.1. The Kier molecular flexibility index (Phi) is 5.03. The molecule has 26 heavy (non-hydrogen) atoms. The average Bonchev–Trinajstić information content (AvgIpc) is 3.03. The highest BCUT2D eigenvalue weighted by molar-refractivity contribution is 6.46. The molecule has 0 bridgehead atoms. The van der Waals surface area contributed by atoms with E-state index in [2.05, 4.69) is 5.32 Å². The molecule has 1 N–H and O–H groups in total. The monoisotopic (exact) mass is 346 g/mol. The molecule has 0 saturated heterocycles. The van der Waals surface area contributed by atoms with E-state index in [-0.39, 0.29) is 0 Å². The van der Waals surface area contributed by atoms with Gasteiger partial charge in [0.05, 0.1) is 5.69 Å². The maximum absolute atomic E-state index is 12.6. The zero-order valence-corrected chi connectivity index (χ0v) is 15.2. The molecule has 3 aromatic rings. The molecule has 0 radical (unpaired) electrons. The summed E-state index contributed by atoms with van der Waals surface area (Å²) in [6.45, 7) is 6.49. The van der Waals surface area contributed by atoms with Gasteiger partial charge in [0.1, 0.15) is 0 Å². The highest BCUT2D eigenvalue weighted by atomic mass is 16.2. The summed E-state index contributed by atoms with van der Waals surface area (Å²) in [6, 6.07) is 17.3. The third-order valence-corrected chi connectivity index (χ3v) is 4.22. The van der Waals surface area contributed by atoms with Gasteiger partial charge in [0.25, 0.3) is 11.7 Å². The van der Waals surface area contributed by atoms with Crippen LogP contribution in [0.3, 0.4) is 0 Å². The van der Waals surface area contributed by atoms with Crippen molar-refractivity contribution in [1.29, 1.82) is 0 Å². The van der Waals surface area contributed by atoms with Crippen LogP contribution in [0.4, 0.5) is 5.69 Å². The molecular weight excluding hydrogens is 324 g/mol. The third-order valence-electron chi connectivity index (χ3n) is 4.22. The number of carbonyl (C=O) groups is 2. The Balaban J connectivity index is 1.76. The van der Waals surface area contributed by atoms with Crippen LogP contribution in [0, 0.1) is 20.8 Å². The summed E-state index contributed by atoms with van der Waals surface area (Å²) in [5.74, 6) is -1.17. The Morgan fingerprint density at radius 3 is 2.19 bits per heavy atom. The Hall–Kier alpha value is -3.14. The van der Waals surface area contributed by atoms with E-state index >= 15 is 0 Å². The molecule has 0 spiro atoms. The van der Waals surface area contributed by atoms with Crippen LogP contribution >= 0.6 is 0 Å². The summed E-state index contributed by atoms with van der Waals surface area (Å²) >= 11 is 0. The molecule has 0 aliphatic rings. The Morgan fingerprint density at radius 1 is 0.885 bits per heavy atom. The molecule has 0 saturated carbocycles. The first kappa shape index (κ1) is 17.7. The molecule has 0 aliphatic heterocycles. The minimum absolute atomic E-state index is 0.382. The van der Waals surface area contributed by atoms with Gasteiger partial charge in [-0.3, -0.25) is 9.59 Å². The SMILES string of the molecule is Cc1ccc(Cn2cccc2C(=O)C(=O)Nc2cc(C)cc(C)c2)cc1. The predicted octanol–water partition coefficient (Wildman–Crippen LogP) is 4.28. The van der Waals surface area contributed by atoms with Gasteiger partial charge in [0, 0.05) is 18.4 Å². The van der Waals surface area contributed by atoms with Gasteiger partial charge >= 0.3 is 0 Å². The molecule has 2 aromatic carbocycles. The van der Waals surface area contributed by atoms with Crippen LogP contribution in [0.2, 0.25) is 0 Å². The number of hydrogen-bond donors (Lipinski definition) is 1. The van der Waals surface area contributed by atoms with E-state index in [4.69, 9.17) is 0 Å². The molecule has 0 fully saturated rings. The molecule has 1 heterocycles. The Labute approximate surface area is 153 Å². The zero-order valence-electron chi connectivity index (χ0n) is 15.2. The first-order valence-corrected chi connectivity index (χ1v) is 8.57. The zero-order chi connectivity index (χ0) is 18.7. The molecule has 0 unspecified atom stereocenters. The van der Waals surface area contributed by atoms with Crippen molar-refractivity contribution in [2.45, 2.75) is 27.3 Å². The van der Waals surface area contributed by atoms with E-state index in [1.165, 1.54) is 5.56 Å². The van der Waals surface area contributed by atoms with Crippen molar-refractivity contribution in [2.24, 2.45) is 0 Å². The van der Waals surface area contributed by atoms with Gasteiger partial charge in [-0.1, -0.05) is 35.9 Å². The minimum Gasteiger partial charge on any atom is -0.340 e. The summed E-state index contributed by atoms with van der Waals surface area (Å²) in [4.78, 5) is 25.0. The number of aryl methyl sites for hydroxylation is 3. The van der Waals surface area contributed by atoms with Crippen molar-refractivity contribution < 1.29 is 9.59 Å². The lowest BCUT2D eigenvalue weighted by Gasteiger charge is -2.10. The molecule has 1 aromatic heterocycles. The highest BCUT2D eigenvalue weighted by Gasteiger charge is 2.20. The third kappa shape index (κ3) is 4.09. The number of rotatable bonds is 5. The van der Waals surface area contributed by atoms with Crippen molar-refractivity contribution in [3.05, 3.63) is 88.7 Å². The molecule has 132 valence electrons. The van der Waals surface area contributed by atoms with Crippen molar-refractivity contribution in [1.82, 2.24) is 4.57 Å². The molecule has 4 heteroatoms. The number of aromatic nitrogens is 1. The van der Waals surface area contributed by atoms with Gasteiger partial charge in [-0.15, -0.1) is 0 Å². The van der Waals surface area contributed by atoms with Gasteiger partial charge in [-0.25, -0.2) is 0 Å². The van der Waals surface area contributed by atoms with E-state index in [1.54, 1.807) is 16.7 Å². The quantitative estimate of drug-likeness (QED) is 0.554. The van der Waals surface area contributed by atoms with Crippen LogP contribution < -0.4 is 5.32 Å². The smallest absolute Gasteiger partial charge is 0.298 e. The van der Waals surface area contributed by atoms with Crippen LogP contribution in [-0.2, 0) is 11.3 Å². The van der Waals surface area contributed by atoms with Crippen LogP contribution in [-0.4, -0.2) is 16.3 Å². The molecule has 3 rings (SSSR count). The predicted molar refractivity (Wildman–Crippen MR) is 104 cm³/mol. The minimum atomic E-state index is -0.626. The second-order valence-corrected chi connectivity index (χ2v) is 6.67. The fraction of sp³-hybridized carbons (Fsp3) is 0.182. The van der Waals surface area contributed by atoms with Crippen molar-refractivity contribution >= 4 is 17.4 Å². The van der Waals surface area contributed by atoms with Gasteiger partial charge in [0.15, 0.2) is 0 Å². The van der Waals surface area contributed by atoms with Gasteiger partial charge in [0.2, 0.25) is 0 Å². The number of Topliss-reactive ketones (excluding diaryl/α,β-unsaturated/α-hetero) is 1. The number of anilines is 1. The second-order valence-electron chi connectivity index (χ2n) is 6.67. The maximum Gasteiger partial charge on any atom is 0.298 e. The van der Waals surface area contributed by atoms with Crippen molar-refractivity contribution in [3.63, 3.8) is 0 Å². The number of ketones is 1. The second kappa shape index (κ2) is 7.40. The number of amides is 1. The van der Waals surface area contributed by atoms with Crippen molar-refractivity contribution in [3.8, 4) is 0 Å². The van der Waals surface area contributed by atoms with Crippen LogP contribution in [0.25, 0.3) is 0 Å².